The zero-order chi connectivity index (χ0) is 19.7. The number of nitrogens with one attached hydrogen (secondary N) is 1. The molecule has 0 saturated heterocycles. The van der Waals surface area contributed by atoms with Gasteiger partial charge < -0.3 is 10.8 Å². The predicted molar refractivity (Wildman–Crippen MR) is 101 cm³/mol. The molecule has 2 aromatic heterocycles. The molecule has 1 aromatic carbocycles. The Kier molecular flexibility index (Phi) is 5.13. The average molecular weight is 387 g/mol. The minimum absolute atomic E-state index is 0.0802. The number of nitrogens with zero attached hydrogens (tertiary/aromatic N) is 3. The van der Waals surface area contributed by atoms with Crippen molar-refractivity contribution in [3.8, 4) is 11.4 Å². The second-order valence-electron chi connectivity index (χ2n) is 6.08. The number of halogens is 1. The Balaban J connectivity index is 1.76. The SMILES string of the molecule is CC(=O)c1c(C)[nH]c(C(=O)CSc2nnc(-c3ccc(F)cc3)n2N)c1C. The lowest BCUT2D eigenvalue weighted by Gasteiger charge is -2.04. The van der Waals surface area contributed by atoms with E-state index in [1.54, 1.807) is 26.0 Å². The number of carbonyl (C=O) groups excluding carboxylic acids is 2. The van der Waals surface area contributed by atoms with Gasteiger partial charge >= 0.3 is 0 Å². The molecule has 2 heterocycles. The molecule has 9 heteroatoms. The highest BCUT2D eigenvalue weighted by atomic mass is 32.2. The molecule has 0 fully saturated rings. The third-order valence-electron chi connectivity index (χ3n) is 4.17. The monoisotopic (exact) mass is 387 g/mol. The van der Waals surface area contributed by atoms with Crippen LogP contribution < -0.4 is 5.84 Å². The van der Waals surface area contributed by atoms with Crippen LogP contribution in [0.5, 0.6) is 0 Å². The van der Waals surface area contributed by atoms with E-state index in [1.165, 1.54) is 23.7 Å². The second kappa shape index (κ2) is 7.36. The third-order valence-corrected chi connectivity index (χ3v) is 5.11. The van der Waals surface area contributed by atoms with Gasteiger partial charge in [0.15, 0.2) is 17.4 Å². The van der Waals surface area contributed by atoms with Gasteiger partial charge in [0.25, 0.3) is 0 Å². The topological polar surface area (TPSA) is 107 Å². The first-order valence-electron chi connectivity index (χ1n) is 8.12. The Bertz CT molecular complexity index is 1020. The largest absolute Gasteiger partial charge is 0.355 e. The van der Waals surface area contributed by atoms with Crippen LogP contribution in [0.2, 0.25) is 0 Å². The number of aryl methyl sites for hydroxylation is 1. The van der Waals surface area contributed by atoms with Crippen molar-refractivity contribution < 1.29 is 14.0 Å². The van der Waals surface area contributed by atoms with E-state index in [0.29, 0.717) is 39.1 Å². The molecule has 3 N–H and O–H groups in total. The van der Waals surface area contributed by atoms with Crippen LogP contribution >= 0.6 is 11.8 Å². The number of rotatable bonds is 6. The fraction of sp³-hybridized carbons (Fsp3) is 0.222. The summed E-state index contributed by atoms with van der Waals surface area (Å²) < 4.78 is 14.3. The van der Waals surface area contributed by atoms with E-state index >= 15 is 0 Å². The van der Waals surface area contributed by atoms with Gasteiger partial charge in [-0.15, -0.1) is 10.2 Å². The van der Waals surface area contributed by atoms with Crippen molar-refractivity contribution in [3.63, 3.8) is 0 Å². The van der Waals surface area contributed by atoms with E-state index in [4.69, 9.17) is 5.84 Å². The van der Waals surface area contributed by atoms with Gasteiger partial charge in [-0.05, 0) is 50.6 Å². The molecular weight excluding hydrogens is 369 g/mol. The number of nitrogens with two attached hydrogens (primary N) is 1. The molecule has 0 atom stereocenters. The Morgan fingerprint density at radius 3 is 2.48 bits per heavy atom. The lowest BCUT2D eigenvalue weighted by Crippen LogP contribution is -2.13. The molecule has 0 saturated carbocycles. The standard InChI is InChI=1S/C18H18FN5O2S/c1-9-15(11(3)25)10(2)21-16(9)14(26)8-27-18-23-22-17(24(18)20)12-4-6-13(19)7-5-12/h4-7,21H,8,20H2,1-3H3. The van der Waals surface area contributed by atoms with E-state index in [-0.39, 0.29) is 23.1 Å². The fourth-order valence-corrected chi connectivity index (χ4v) is 3.66. The third kappa shape index (κ3) is 3.63. The Labute approximate surface area is 159 Å². The lowest BCUT2D eigenvalue weighted by atomic mass is 10.1. The smallest absolute Gasteiger partial charge is 0.210 e. The zero-order valence-corrected chi connectivity index (χ0v) is 15.9. The summed E-state index contributed by atoms with van der Waals surface area (Å²) >= 11 is 1.14. The van der Waals surface area contributed by atoms with Gasteiger partial charge in [-0.2, -0.15) is 0 Å². The van der Waals surface area contributed by atoms with Crippen molar-refractivity contribution >= 4 is 23.3 Å². The molecule has 27 heavy (non-hydrogen) atoms. The molecule has 0 unspecified atom stereocenters. The number of aromatic amines is 1. The number of hydrogen-bond donors (Lipinski definition) is 2. The maximum atomic E-state index is 13.1. The summed E-state index contributed by atoms with van der Waals surface area (Å²) in [6.07, 6.45) is 0. The number of hydrogen-bond acceptors (Lipinski definition) is 6. The first-order chi connectivity index (χ1) is 12.8. The second-order valence-corrected chi connectivity index (χ2v) is 7.02. The van der Waals surface area contributed by atoms with Crippen LogP contribution in [0.1, 0.15) is 39.0 Å². The van der Waals surface area contributed by atoms with Crippen LogP contribution in [0.3, 0.4) is 0 Å². The van der Waals surface area contributed by atoms with Gasteiger partial charge in [-0.25, -0.2) is 9.07 Å². The van der Waals surface area contributed by atoms with E-state index in [2.05, 4.69) is 15.2 Å². The summed E-state index contributed by atoms with van der Waals surface area (Å²) in [6.45, 7) is 4.98. The zero-order valence-electron chi connectivity index (χ0n) is 15.0. The van der Waals surface area contributed by atoms with Crippen LogP contribution in [0, 0.1) is 19.7 Å². The van der Waals surface area contributed by atoms with E-state index < -0.39 is 0 Å². The van der Waals surface area contributed by atoms with Crippen LogP contribution in [-0.2, 0) is 0 Å². The van der Waals surface area contributed by atoms with Crippen molar-refractivity contribution in [2.75, 3.05) is 11.6 Å². The van der Waals surface area contributed by atoms with Gasteiger partial charge in [0, 0.05) is 16.8 Å². The summed E-state index contributed by atoms with van der Waals surface area (Å²) in [6, 6.07) is 5.72. The molecule has 140 valence electrons. The van der Waals surface area contributed by atoms with Gasteiger partial charge in [0.1, 0.15) is 5.82 Å². The highest BCUT2D eigenvalue weighted by molar-refractivity contribution is 7.99. The van der Waals surface area contributed by atoms with Crippen LogP contribution in [-0.4, -0.2) is 37.2 Å². The van der Waals surface area contributed by atoms with Crippen molar-refractivity contribution in [3.05, 3.63) is 52.6 Å². The van der Waals surface area contributed by atoms with Crippen molar-refractivity contribution in [1.29, 1.82) is 0 Å². The van der Waals surface area contributed by atoms with Gasteiger partial charge in [-0.1, -0.05) is 11.8 Å². The molecule has 3 rings (SSSR count). The maximum absolute atomic E-state index is 13.1. The average Bonchev–Trinajstić information content (AvgIpc) is 3.13. The number of aromatic nitrogens is 4. The lowest BCUT2D eigenvalue weighted by molar-refractivity contribution is 0.101. The molecule has 0 aliphatic rings. The number of ketones is 2. The highest BCUT2D eigenvalue weighted by Crippen LogP contribution is 2.24. The number of benzene rings is 1. The number of Topliss-reactive ketones (excluding diaryl/α,β-unsaturated/α-hetero) is 2. The molecule has 0 aliphatic carbocycles. The summed E-state index contributed by atoms with van der Waals surface area (Å²) in [5, 5.41) is 8.36. The molecule has 0 aliphatic heterocycles. The Morgan fingerprint density at radius 1 is 1.22 bits per heavy atom. The fourth-order valence-electron chi connectivity index (χ4n) is 2.93. The molecule has 0 spiro atoms. The Hall–Kier alpha value is -2.94. The van der Waals surface area contributed by atoms with E-state index in [1.807, 2.05) is 0 Å². The van der Waals surface area contributed by atoms with Crippen LogP contribution in [0.4, 0.5) is 4.39 Å². The number of H-pyrrole nitrogens is 1. The predicted octanol–water partition coefficient (Wildman–Crippen LogP) is 2.92. The molecule has 0 radical (unpaired) electrons. The molecular formula is C18H18FN5O2S. The van der Waals surface area contributed by atoms with E-state index in [9.17, 15) is 14.0 Å². The van der Waals surface area contributed by atoms with Gasteiger partial charge in [-0.3, -0.25) is 9.59 Å². The normalized spacial score (nSPS) is 11.0. The summed E-state index contributed by atoms with van der Waals surface area (Å²) in [5.74, 6) is 5.85. The quantitative estimate of drug-likeness (QED) is 0.383. The minimum Gasteiger partial charge on any atom is -0.355 e. The summed E-state index contributed by atoms with van der Waals surface area (Å²) in [4.78, 5) is 27.2. The van der Waals surface area contributed by atoms with Crippen LogP contribution in [0.15, 0.2) is 29.4 Å². The number of carbonyl (C=O) groups is 2. The molecule has 0 bridgehead atoms. The number of nitrogen functional groups attached to an aromatic ring is 1. The van der Waals surface area contributed by atoms with Gasteiger partial charge in [0.05, 0.1) is 11.4 Å². The van der Waals surface area contributed by atoms with Crippen molar-refractivity contribution in [1.82, 2.24) is 19.9 Å². The number of thioether (sulfide) groups is 1. The van der Waals surface area contributed by atoms with E-state index in [0.717, 1.165) is 11.8 Å². The molecule has 7 nitrogen and oxygen atoms in total. The first kappa shape index (κ1) is 18.8. The maximum Gasteiger partial charge on any atom is 0.210 e. The summed E-state index contributed by atoms with van der Waals surface area (Å²) in [5.41, 5.74) is 2.89. The summed E-state index contributed by atoms with van der Waals surface area (Å²) in [7, 11) is 0. The molecule has 3 aromatic rings. The van der Waals surface area contributed by atoms with Crippen LogP contribution in [0.25, 0.3) is 11.4 Å². The highest BCUT2D eigenvalue weighted by Gasteiger charge is 2.21. The first-order valence-corrected chi connectivity index (χ1v) is 9.10. The minimum atomic E-state index is -0.358. The van der Waals surface area contributed by atoms with Crippen molar-refractivity contribution in [2.45, 2.75) is 25.9 Å². The van der Waals surface area contributed by atoms with Crippen molar-refractivity contribution in [2.24, 2.45) is 0 Å². The molecule has 0 amide bonds. The Morgan fingerprint density at radius 2 is 1.89 bits per heavy atom. The van der Waals surface area contributed by atoms with Gasteiger partial charge in [0.2, 0.25) is 5.16 Å².